The molecule has 0 radical (unpaired) electrons. The van der Waals surface area contributed by atoms with Gasteiger partial charge in [0.1, 0.15) is 0 Å². The van der Waals surface area contributed by atoms with Crippen LogP contribution >= 0.6 is 0 Å². The summed E-state index contributed by atoms with van der Waals surface area (Å²) in [6, 6.07) is 21.0. The van der Waals surface area contributed by atoms with Crippen molar-refractivity contribution < 1.29 is 9.32 Å². The van der Waals surface area contributed by atoms with Crippen LogP contribution in [0.1, 0.15) is 5.56 Å². The molecule has 0 spiro atoms. The van der Waals surface area contributed by atoms with Crippen LogP contribution in [-0.4, -0.2) is 16.0 Å². The van der Waals surface area contributed by atoms with Gasteiger partial charge in [-0.15, -0.1) is 0 Å². The highest BCUT2D eigenvalue weighted by molar-refractivity contribution is 5.96. The maximum absolute atomic E-state index is 12.4. The molecule has 0 saturated carbocycles. The number of carbonyl (C=O) groups is 1. The number of carbonyl (C=O) groups excluding carboxylic acids is 1. The summed E-state index contributed by atoms with van der Waals surface area (Å²) in [4.78, 5) is 25.9. The van der Waals surface area contributed by atoms with Crippen molar-refractivity contribution in [2.24, 2.45) is 0 Å². The Morgan fingerprint density at radius 1 is 1.00 bits per heavy atom. The third-order valence-corrected chi connectivity index (χ3v) is 4.11. The van der Waals surface area contributed by atoms with E-state index in [1.165, 1.54) is 0 Å². The number of rotatable bonds is 4. The van der Waals surface area contributed by atoms with E-state index in [0.717, 1.165) is 16.3 Å². The van der Waals surface area contributed by atoms with Gasteiger partial charge in [0, 0.05) is 11.3 Å². The summed E-state index contributed by atoms with van der Waals surface area (Å²) in [5, 5.41) is 8.71. The molecule has 0 saturated heterocycles. The zero-order chi connectivity index (χ0) is 17.9. The number of benzene rings is 3. The lowest BCUT2D eigenvalue weighted by atomic mass is 10.0. The molecule has 0 aliphatic carbocycles. The number of H-pyrrole nitrogens is 1. The van der Waals surface area contributed by atoms with Crippen LogP contribution in [0.15, 0.2) is 76.0 Å². The van der Waals surface area contributed by atoms with Gasteiger partial charge in [0.2, 0.25) is 5.91 Å². The van der Waals surface area contributed by atoms with E-state index in [9.17, 15) is 9.59 Å². The molecule has 4 rings (SSSR count). The molecule has 1 amide bonds. The summed E-state index contributed by atoms with van der Waals surface area (Å²) >= 11 is 0. The number of hydrogen-bond acceptors (Lipinski definition) is 4. The lowest BCUT2D eigenvalue weighted by molar-refractivity contribution is -0.115. The Morgan fingerprint density at radius 2 is 1.77 bits per heavy atom. The van der Waals surface area contributed by atoms with E-state index >= 15 is 0 Å². The van der Waals surface area contributed by atoms with E-state index in [2.05, 4.69) is 20.0 Å². The summed E-state index contributed by atoms with van der Waals surface area (Å²) < 4.78 is 4.48. The minimum absolute atomic E-state index is 0.0936. The van der Waals surface area contributed by atoms with Crippen LogP contribution in [0.2, 0.25) is 0 Å². The summed E-state index contributed by atoms with van der Waals surface area (Å²) in [6.07, 6.45) is 0.291. The lowest BCUT2D eigenvalue weighted by Gasteiger charge is -2.08. The van der Waals surface area contributed by atoms with Crippen molar-refractivity contribution in [2.75, 3.05) is 5.32 Å². The molecule has 0 fully saturated rings. The van der Waals surface area contributed by atoms with Crippen molar-refractivity contribution >= 4 is 22.4 Å². The minimum Gasteiger partial charge on any atom is -0.326 e. The molecule has 1 aromatic heterocycles. The topological polar surface area (TPSA) is 88.0 Å². The average molecular weight is 345 g/mol. The number of anilines is 1. The number of aromatic nitrogens is 2. The molecule has 0 bridgehead atoms. The summed E-state index contributed by atoms with van der Waals surface area (Å²) in [6.45, 7) is 0. The van der Waals surface area contributed by atoms with Gasteiger partial charge in [-0.3, -0.25) is 14.3 Å². The highest BCUT2D eigenvalue weighted by atomic mass is 16.5. The molecule has 1 heterocycles. The molecule has 0 aliphatic heterocycles. The van der Waals surface area contributed by atoms with Crippen molar-refractivity contribution in [3.8, 4) is 11.4 Å². The van der Waals surface area contributed by atoms with E-state index in [4.69, 9.17) is 0 Å². The number of fused-ring (bicyclic) bond motifs is 1. The molecule has 4 aromatic rings. The van der Waals surface area contributed by atoms with E-state index in [-0.39, 0.29) is 5.91 Å². The fraction of sp³-hybridized carbons (Fsp3) is 0.0500. The monoisotopic (exact) mass is 345 g/mol. The van der Waals surface area contributed by atoms with Gasteiger partial charge in [0.05, 0.1) is 6.42 Å². The predicted octanol–water partition coefficient (Wildman–Crippen LogP) is 3.36. The highest BCUT2D eigenvalue weighted by Gasteiger charge is 2.08. The maximum Gasteiger partial charge on any atom is 0.439 e. The first-order valence-corrected chi connectivity index (χ1v) is 8.12. The standard InChI is InChI=1S/C20H15N3O3/c24-18(12-15-6-3-5-13-4-1-2-7-17(13)15)21-16-10-8-14(9-11-16)19-22-20(25)26-23-19/h1-11H,12H2,(H,21,24)(H,22,23,25). The van der Waals surface area contributed by atoms with Crippen LogP contribution in [0.5, 0.6) is 0 Å². The average Bonchev–Trinajstić information content (AvgIpc) is 3.09. The Hall–Kier alpha value is -3.67. The summed E-state index contributed by atoms with van der Waals surface area (Å²) in [5.74, 6) is -0.347. The zero-order valence-electron chi connectivity index (χ0n) is 13.7. The van der Waals surface area contributed by atoms with Crippen LogP contribution in [-0.2, 0) is 11.2 Å². The number of nitrogens with zero attached hydrogens (tertiary/aromatic N) is 1. The van der Waals surface area contributed by atoms with Crippen LogP contribution in [0, 0.1) is 0 Å². The fourth-order valence-electron chi connectivity index (χ4n) is 2.89. The molecule has 0 atom stereocenters. The molecule has 6 nitrogen and oxygen atoms in total. The van der Waals surface area contributed by atoms with Crippen molar-refractivity contribution in [3.05, 3.63) is 82.8 Å². The van der Waals surface area contributed by atoms with Gasteiger partial charge in [-0.25, -0.2) is 4.79 Å². The molecular weight excluding hydrogens is 330 g/mol. The van der Waals surface area contributed by atoms with Crippen LogP contribution < -0.4 is 11.1 Å². The first-order chi connectivity index (χ1) is 12.7. The third-order valence-electron chi connectivity index (χ3n) is 4.11. The Labute approximate surface area is 148 Å². The van der Waals surface area contributed by atoms with Gasteiger partial charge in [0.15, 0.2) is 5.82 Å². The van der Waals surface area contributed by atoms with Crippen LogP contribution in [0.3, 0.4) is 0 Å². The van der Waals surface area contributed by atoms with E-state index in [1.807, 2.05) is 42.5 Å². The molecular formula is C20H15N3O3. The molecule has 0 aliphatic rings. The number of amides is 1. The first-order valence-electron chi connectivity index (χ1n) is 8.12. The zero-order valence-corrected chi connectivity index (χ0v) is 13.7. The van der Waals surface area contributed by atoms with Crippen molar-refractivity contribution in [2.45, 2.75) is 6.42 Å². The van der Waals surface area contributed by atoms with E-state index in [0.29, 0.717) is 23.5 Å². The van der Waals surface area contributed by atoms with Gasteiger partial charge in [-0.05, 0) is 40.6 Å². The predicted molar refractivity (Wildman–Crippen MR) is 98.8 cm³/mol. The van der Waals surface area contributed by atoms with Gasteiger partial charge >= 0.3 is 5.76 Å². The smallest absolute Gasteiger partial charge is 0.326 e. The van der Waals surface area contributed by atoms with Crippen LogP contribution in [0.25, 0.3) is 22.2 Å². The molecule has 6 heteroatoms. The SMILES string of the molecule is O=C(Cc1cccc2ccccc12)Nc1ccc(-c2noc(=O)[nH]2)cc1. The summed E-state index contributed by atoms with van der Waals surface area (Å²) in [5.41, 5.74) is 2.35. The normalized spacial score (nSPS) is 10.8. The Kier molecular flexibility index (Phi) is 4.07. The van der Waals surface area contributed by atoms with Crippen molar-refractivity contribution in [1.82, 2.24) is 10.1 Å². The largest absolute Gasteiger partial charge is 0.439 e. The summed E-state index contributed by atoms with van der Waals surface area (Å²) in [7, 11) is 0. The lowest BCUT2D eigenvalue weighted by Crippen LogP contribution is -2.14. The Bertz CT molecular complexity index is 1120. The quantitative estimate of drug-likeness (QED) is 0.594. The van der Waals surface area contributed by atoms with Crippen molar-refractivity contribution in [3.63, 3.8) is 0 Å². The molecule has 0 unspecified atom stereocenters. The third kappa shape index (κ3) is 3.25. The van der Waals surface area contributed by atoms with Gasteiger partial charge in [-0.2, -0.15) is 0 Å². The second kappa shape index (κ2) is 6.68. The van der Waals surface area contributed by atoms with Crippen LogP contribution in [0.4, 0.5) is 5.69 Å². The molecule has 128 valence electrons. The fourth-order valence-corrected chi connectivity index (χ4v) is 2.89. The van der Waals surface area contributed by atoms with Gasteiger partial charge < -0.3 is 5.32 Å². The second-order valence-electron chi connectivity index (χ2n) is 5.88. The van der Waals surface area contributed by atoms with E-state index in [1.54, 1.807) is 24.3 Å². The molecule has 2 N–H and O–H groups in total. The van der Waals surface area contributed by atoms with Crippen molar-refractivity contribution in [1.29, 1.82) is 0 Å². The minimum atomic E-state index is -0.604. The number of hydrogen-bond donors (Lipinski definition) is 2. The Balaban J connectivity index is 1.48. The Morgan fingerprint density at radius 3 is 2.54 bits per heavy atom. The molecule has 26 heavy (non-hydrogen) atoms. The first kappa shape index (κ1) is 15.8. The number of aromatic amines is 1. The van der Waals surface area contributed by atoms with Gasteiger partial charge in [-0.1, -0.05) is 47.6 Å². The maximum atomic E-state index is 12.4. The van der Waals surface area contributed by atoms with E-state index < -0.39 is 5.76 Å². The van der Waals surface area contributed by atoms with Gasteiger partial charge in [0.25, 0.3) is 0 Å². The second-order valence-corrected chi connectivity index (χ2v) is 5.88. The highest BCUT2D eigenvalue weighted by Crippen LogP contribution is 2.20. The number of nitrogens with one attached hydrogen (secondary N) is 2. The molecule has 3 aromatic carbocycles.